The predicted molar refractivity (Wildman–Crippen MR) is 71.9 cm³/mol. The Morgan fingerprint density at radius 2 is 2.06 bits per heavy atom. The van der Waals surface area contributed by atoms with E-state index < -0.39 is 0 Å². The molecule has 2 unspecified atom stereocenters. The Morgan fingerprint density at radius 1 is 1.35 bits per heavy atom. The van der Waals surface area contributed by atoms with Gasteiger partial charge in [0.15, 0.2) is 0 Å². The molecule has 0 spiro atoms. The highest BCUT2D eigenvalue weighted by molar-refractivity contribution is 6.31. The van der Waals surface area contributed by atoms with Crippen LogP contribution >= 0.6 is 11.6 Å². The fraction of sp³-hybridized carbons (Fsp3) is 0.571. The second-order valence-corrected chi connectivity index (χ2v) is 4.82. The molecule has 1 aromatic carbocycles. The van der Waals surface area contributed by atoms with Crippen molar-refractivity contribution in [3.8, 4) is 0 Å². The molecule has 0 saturated carbocycles. The molecule has 3 heteroatoms. The molecule has 0 aromatic heterocycles. The lowest BCUT2D eigenvalue weighted by molar-refractivity contribution is 0.368. The first kappa shape index (κ1) is 14.5. The van der Waals surface area contributed by atoms with Crippen molar-refractivity contribution in [2.45, 2.75) is 39.7 Å². The monoisotopic (exact) mass is 257 g/mol. The minimum absolute atomic E-state index is 0.128. The fourth-order valence-corrected chi connectivity index (χ4v) is 2.46. The fourth-order valence-electron chi connectivity index (χ4n) is 2.22. The maximum atomic E-state index is 13.5. The Hall–Kier alpha value is -0.600. The topological polar surface area (TPSA) is 12.0 Å². The third-order valence-electron chi connectivity index (χ3n) is 3.05. The van der Waals surface area contributed by atoms with Crippen LogP contribution in [-0.4, -0.2) is 6.54 Å². The van der Waals surface area contributed by atoms with Crippen LogP contribution in [0.3, 0.4) is 0 Å². The van der Waals surface area contributed by atoms with Gasteiger partial charge in [0.2, 0.25) is 0 Å². The van der Waals surface area contributed by atoms with Crippen LogP contribution in [-0.2, 0) is 0 Å². The lowest BCUT2D eigenvalue weighted by Crippen LogP contribution is -2.27. The molecule has 0 aliphatic carbocycles. The van der Waals surface area contributed by atoms with E-state index in [0.29, 0.717) is 5.92 Å². The highest BCUT2D eigenvalue weighted by Gasteiger charge is 2.21. The summed E-state index contributed by atoms with van der Waals surface area (Å²) in [6, 6.07) is 5.16. The molecule has 1 N–H and O–H groups in total. The predicted octanol–water partition coefficient (Wildman–Crippen LogP) is 4.57. The Labute approximate surface area is 108 Å². The number of hydrogen-bond acceptors (Lipinski definition) is 1. The molecule has 2 atom stereocenters. The molecular weight excluding hydrogens is 237 g/mol. The van der Waals surface area contributed by atoms with Gasteiger partial charge in [0.25, 0.3) is 0 Å². The van der Waals surface area contributed by atoms with Crippen LogP contribution in [0, 0.1) is 11.7 Å². The van der Waals surface area contributed by atoms with Crippen molar-refractivity contribution in [1.82, 2.24) is 5.32 Å². The van der Waals surface area contributed by atoms with Crippen molar-refractivity contribution in [1.29, 1.82) is 0 Å². The lowest BCUT2D eigenvalue weighted by atomic mass is 9.91. The quantitative estimate of drug-likeness (QED) is 0.787. The third kappa shape index (κ3) is 3.68. The first-order valence-corrected chi connectivity index (χ1v) is 6.66. The summed E-state index contributed by atoms with van der Waals surface area (Å²) in [7, 11) is 0. The van der Waals surface area contributed by atoms with Gasteiger partial charge < -0.3 is 5.32 Å². The Balaban J connectivity index is 3.00. The van der Waals surface area contributed by atoms with Gasteiger partial charge in [-0.25, -0.2) is 4.39 Å². The molecular formula is C14H21ClFN. The second-order valence-electron chi connectivity index (χ2n) is 4.44. The zero-order valence-electron chi connectivity index (χ0n) is 10.8. The molecule has 1 nitrogen and oxygen atoms in total. The van der Waals surface area contributed by atoms with E-state index in [0.717, 1.165) is 24.9 Å². The number of halogens is 2. The summed E-state index contributed by atoms with van der Waals surface area (Å²) in [6.07, 6.45) is 2.22. The molecule has 0 aliphatic heterocycles. The SMILES string of the molecule is CCCC(C)C(NCC)c1cccc(F)c1Cl. The van der Waals surface area contributed by atoms with Gasteiger partial charge in [-0.1, -0.05) is 50.9 Å². The molecule has 0 heterocycles. The van der Waals surface area contributed by atoms with Crippen LogP contribution in [0.4, 0.5) is 4.39 Å². The van der Waals surface area contributed by atoms with E-state index in [1.54, 1.807) is 6.07 Å². The summed E-state index contributed by atoms with van der Waals surface area (Å²) in [4.78, 5) is 0. The average Bonchev–Trinajstić information content (AvgIpc) is 2.30. The average molecular weight is 258 g/mol. The first-order chi connectivity index (χ1) is 8.11. The highest BCUT2D eigenvalue weighted by atomic mass is 35.5. The molecule has 17 heavy (non-hydrogen) atoms. The number of rotatable bonds is 6. The molecule has 96 valence electrons. The summed E-state index contributed by atoms with van der Waals surface area (Å²) in [6.45, 7) is 7.25. The van der Waals surface area contributed by atoms with Crippen molar-refractivity contribution >= 4 is 11.6 Å². The molecule has 1 aromatic rings. The van der Waals surface area contributed by atoms with E-state index in [1.165, 1.54) is 6.07 Å². The first-order valence-electron chi connectivity index (χ1n) is 6.29. The lowest BCUT2D eigenvalue weighted by Gasteiger charge is -2.26. The summed E-state index contributed by atoms with van der Waals surface area (Å²) < 4.78 is 13.5. The smallest absolute Gasteiger partial charge is 0.142 e. The maximum absolute atomic E-state index is 13.5. The molecule has 0 aliphatic rings. The molecule has 0 bridgehead atoms. The number of benzene rings is 1. The van der Waals surface area contributed by atoms with Gasteiger partial charge >= 0.3 is 0 Å². The second kappa shape index (κ2) is 6.97. The number of hydrogen-bond donors (Lipinski definition) is 1. The van der Waals surface area contributed by atoms with Crippen molar-refractivity contribution < 1.29 is 4.39 Å². The van der Waals surface area contributed by atoms with Gasteiger partial charge in [0.1, 0.15) is 5.82 Å². The Bertz CT molecular complexity index is 354. The minimum Gasteiger partial charge on any atom is -0.310 e. The minimum atomic E-state index is -0.337. The Morgan fingerprint density at radius 3 is 2.65 bits per heavy atom. The summed E-state index contributed by atoms with van der Waals surface area (Å²) in [5.41, 5.74) is 0.870. The normalized spacial score (nSPS) is 14.6. The summed E-state index contributed by atoms with van der Waals surface area (Å²) in [5.74, 6) is 0.106. The van der Waals surface area contributed by atoms with Gasteiger partial charge in [-0.05, 0) is 30.5 Å². The zero-order chi connectivity index (χ0) is 12.8. The van der Waals surface area contributed by atoms with Crippen molar-refractivity contribution in [2.75, 3.05) is 6.54 Å². The largest absolute Gasteiger partial charge is 0.310 e. The molecule has 0 amide bonds. The van der Waals surface area contributed by atoms with Crippen LogP contribution < -0.4 is 5.32 Å². The zero-order valence-corrected chi connectivity index (χ0v) is 11.5. The standard InChI is InChI=1S/C14H21ClFN/c1-4-7-10(3)14(17-5-2)11-8-6-9-12(16)13(11)15/h6,8-10,14,17H,4-5,7H2,1-3H3. The molecule has 0 radical (unpaired) electrons. The van der Waals surface area contributed by atoms with Crippen LogP contribution in [0.1, 0.15) is 45.2 Å². The van der Waals surface area contributed by atoms with Gasteiger partial charge in [0, 0.05) is 6.04 Å². The van der Waals surface area contributed by atoms with Gasteiger partial charge in [-0.3, -0.25) is 0 Å². The van der Waals surface area contributed by atoms with E-state index in [4.69, 9.17) is 11.6 Å². The van der Waals surface area contributed by atoms with Crippen molar-refractivity contribution in [2.24, 2.45) is 5.92 Å². The van der Waals surface area contributed by atoms with Crippen molar-refractivity contribution in [3.05, 3.63) is 34.6 Å². The van der Waals surface area contributed by atoms with E-state index in [9.17, 15) is 4.39 Å². The van der Waals surface area contributed by atoms with E-state index >= 15 is 0 Å². The van der Waals surface area contributed by atoms with Crippen molar-refractivity contribution in [3.63, 3.8) is 0 Å². The highest BCUT2D eigenvalue weighted by Crippen LogP contribution is 2.32. The Kier molecular flexibility index (Phi) is 5.93. The van der Waals surface area contributed by atoms with Gasteiger partial charge in [-0.2, -0.15) is 0 Å². The van der Waals surface area contributed by atoms with E-state index in [-0.39, 0.29) is 16.9 Å². The summed E-state index contributed by atoms with van der Waals surface area (Å²) in [5, 5.41) is 3.65. The molecule has 1 rings (SSSR count). The van der Waals surface area contributed by atoms with Crippen LogP contribution in [0.25, 0.3) is 0 Å². The molecule has 0 fully saturated rings. The van der Waals surface area contributed by atoms with Crippen LogP contribution in [0.2, 0.25) is 5.02 Å². The van der Waals surface area contributed by atoms with E-state index in [2.05, 4.69) is 26.1 Å². The van der Waals surface area contributed by atoms with Crippen LogP contribution in [0.5, 0.6) is 0 Å². The third-order valence-corrected chi connectivity index (χ3v) is 3.45. The summed E-state index contributed by atoms with van der Waals surface area (Å²) >= 11 is 6.05. The van der Waals surface area contributed by atoms with Gasteiger partial charge in [-0.15, -0.1) is 0 Å². The molecule has 0 saturated heterocycles. The van der Waals surface area contributed by atoms with Gasteiger partial charge in [0.05, 0.1) is 5.02 Å². The van der Waals surface area contributed by atoms with E-state index in [1.807, 2.05) is 6.07 Å². The van der Waals surface area contributed by atoms with Crippen LogP contribution in [0.15, 0.2) is 18.2 Å². The number of nitrogens with one attached hydrogen (secondary N) is 1. The maximum Gasteiger partial charge on any atom is 0.142 e.